The molecule has 0 unspecified atom stereocenters. The number of hydrogen-bond donors (Lipinski definition) is 1. The number of carbonyl (C=O) groups is 1. The van der Waals surface area contributed by atoms with Gasteiger partial charge < -0.3 is 5.32 Å². The molecule has 0 atom stereocenters. The van der Waals surface area contributed by atoms with E-state index in [1.807, 2.05) is 20.8 Å². The molecule has 0 saturated carbocycles. The van der Waals surface area contributed by atoms with Gasteiger partial charge in [0.1, 0.15) is 0 Å². The number of rotatable bonds is 3. The second-order valence-corrected chi connectivity index (χ2v) is 8.44. The number of sulfone groups is 1. The maximum Gasteiger partial charge on any atom is 0.256 e. The molecule has 7 nitrogen and oxygen atoms in total. The molecule has 1 aromatic carbocycles. The molecule has 0 saturated heterocycles. The predicted molar refractivity (Wildman–Crippen MR) is 100 cm³/mol. The van der Waals surface area contributed by atoms with Crippen LogP contribution in [0.15, 0.2) is 29.2 Å². The molecule has 1 amide bonds. The van der Waals surface area contributed by atoms with Crippen molar-refractivity contribution < 1.29 is 13.2 Å². The highest BCUT2D eigenvalue weighted by Gasteiger charge is 2.19. The Morgan fingerprint density at radius 2 is 1.85 bits per heavy atom. The maximum atomic E-state index is 12.9. The fraction of sp³-hybridized carbons (Fsp3) is 0.278. The molecule has 3 aromatic rings. The Balaban J connectivity index is 2.09. The van der Waals surface area contributed by atoms with E-state index >= 15 is 0 Å². The first-order chi connectivity index (χ1) is 12.1. The third-order valence-electron chi connectivity index (χ3n) is 4.23. The number of carbonyl (C=O) groups excluding carboxylic acids is 1. The van der Waals surface area contributed by atoms with Gasteiger partial charge in [0.15, 0.2) is 15.5 Å². The number of anilines is 1. The Morgan fingerprint density at radius 1 is 1.15 bits per heavy atom. The van der Waals surface area contributed by atoms with Gasteiger partial charge in [-0.15, -0.1) is 0 Å². The van der Waals surface area contributed by atoms with E-state index in [9.17, 15) is 13.2 Å². The predicted octanol–water partition coefficient (Wildman–Crippen LogP) is 2.55. The van der Waals surface area contributed by atoms with Crippen LogP contribution in [0.4, 0.5) is 5.69 Å². The number of nitrogens with one attached hydrogen (secondary N) is 1. The Kier molecular flexibility index (Phi) is 4.31. The zero-order valence-corrected chi connectivity index (χ0v) is 16.1. The normalized spacial score (nSPS) is 11.7. The average Bonchev–Trinajstić information content (AvgIpc) is 2.82. The lowest BCUT2D eigenvalue weighted by Crippen LogP contribution is -2.14. The van der Waals surface area contributed by atoms with Crippen molar-refractivity contribution in [2.75, 3.05) is 11.6 Å². The lowest BCUT2D eigenvalue weighted by molar-refractivity contribution is 0.102. The van der Waals surface area contributed by atoms with E-state index in [2.05, 4.69) is 15.4 Å². The molecule has 0 aliphatic carbocycles. The van der Waals surface area contributed by atoms with Crippen LogP contribution in [0.5, 0.6) is 0 Å². The van der Waals surface area contributed by atoms with E-state index < -0.39 is 9.84 Å². The average molecular weight is 372 g/mol. The molecule has 2 heterocycles. The zero-order chi connectivity index (χ0) is 19.2. The third kappa shape index (κ3) is 3.20. The smallest absolute Gasteiger partial charge is 0.256 e. The lowest BCUT2D eigenvalue weighted by Gasteiger charge is -2.11. The first kappa shape index (κ1) is 18.1. The Morgan fingerprint density at radius 3 is 2.50 bits per heavy atom. The molecular weight excluding hydrogens is 352 g/mol. The van der Waals surface area contributed by atoms with Crippen molar-refractivity contribution in [3.05, 3.63) is 46.8 Å². The van der Waals surface area contributed by atoms with E-state index in [1.165, 1.54) is 12.1 Å². The van der Waals surface area contributed by atoms with E-state index in [4.69, 9.17) is 0 Å². The maximum absolute atomic E-state index is 12.9. The fourth-order valence-electron chi connectivity index (χ4n) is 2.91. The largest absolute Gasteiger partial charge is 0.322 e. The summed E-state index contributed by atoms with van der Waals surface area (Å²) in [7, 11) is -1.58. The standard InChI is InChI=1S/C18H20N4O3S/c1-10-6-7-13(26(5,24)25)9-15(10)20-18(23)14-8-11(2)19-17-16(14)12(3)21-22(17)4/h6-9H,1-5H3,(H,20,23). The second kappa shape index (κ2) is 6.21. The van der Waals surface area contributed by atoms with E-state index in [0.29, 0.717) is 33.7 Å². The van der Waals surface area contributed by atoms with Gasteiger partial charge in [-0.05, 0) is 44.5 Å². The van der Waals surface area contributed by atoms with Crippen LogP contribution in [0, 0.1) is 20.8 Å². The van der Waals surface area contributed by atoms with Crippen LogP contribution in [-0.4, -0.2) is 35.3 Å². The van der Waals surface area contributed by atoms with Crippen LogP contribution in [0.3, 0.4) is 0 Å². The van der Waals surface area contributed by atoms with Gasteiger partial charge in [0.25, 0.3) is 5.91 Å². The van der Waals surface area contributed by atoms with Crippen LogP contribution in [0.2, 0.25) is 0 Å². The van der Waals surface area contributed by atoms with E-state index in [1.54, 1.807) is 23.9 Å². The molecule has 26 heavy (non-hydrogen) atoms. The summed E-state index contributed by atoms with van der Waals surface area (Å²) in [5.74, 6) is -0.328. The Labute approximate surface area is 152 Å². The first-order valence-corrected chi connectivity index (χ1v) is 9.90. The first-order valence-electron chi connectivity index (χ1n) is 8.01. The summed E-state index contributed by atoms with van der Waals surface area (Å²) in [6.07, 6.45) is 1.14. The van der Waals surface area contributed by atoms with Crippen LogP contribution in [0.1, 0.15) is 27.3 Å². The molecule has 2 aromatic heterocycles. The van der Waals surface area contributed by atoms with Crippen molar-refractivity contribution in [3.63, 3.8) is 0 Å². The summed E-state index contributed by atoms with van der Waals surface area (Å²) in [6.45, 7) is 5.45. The fourth-order valence-corrected chi connectivity index (χ4v) is 3.55. The van der Waals surface area contributed by atoms with Crippen molar-refractivity contribution in [2.45, 2.75) is 25.7 Å². The number of amides is 1. The van der Waals surface area contributed by atoms with Crippen molar-refractivity contribution in [2.24, 2.45) is 7.05 Å². The highest BCUT2D eigenvalue weighted by Crippen LogP contribution is 2.25. The van der Waals surface area contributed by atoms with Crippen LogP contribution < -0.4 is 5.32 Å². The van der Waals surface area contributed by atoms with Gasteiger partial charge in [0, 0.05) is 24.7 Å². The number of benzene rings is 1. The van der Waals surface area contributed by atoms with Crippen LogP contribution >= 0.6 is 0 Å². The highest BCUT2D eigenvalue weighted by atomic mass is 32.2. The quantitative estimate of drug-likeness (QED) is 0.762. The van der Waals surface area contributed by atoms with E-state index in [-0.39, 0.29) is 10.8 Å². The summed E-state index contributed by atoms with van der Waals surface area (Å²) in [4.78, 5) is 17.5. The van der Waals surface area contributed by atoms with Crippen molar-refractivity contribution in [1.82, 2.24) is 14.8 Å². The number of nitrogens with zero attached hydrogens (tertiary/aromatic N) is 3. The van der Waals surface area contributed by atoms with Crippen molar-refractivity contribution in [3.8, 4) is 0 Å². The van der Waals surface area contributed by atoms with Crippen molar-refractivity contribution in [1.29, 1.82) is 0 Å². The highest BCUT2D eigenvalue weighted by molar-refractivity contribution is 7.90. The van der Waals surface area contributed by atoms with Gasteiger partial charge in [-0.25, -0.2) is 13.4 Å². The topological polar surface area (TPSA) is 94.0 Å². The SMILES string of the molecule is Cc1cc(C(=O)Nc2cc(S(C)(=O)=O)ccc2C)c2c(C)nn(C)c2n1. The molecule has 0 bridgehead atoms. The van der Waals surface area contributed by atoms with Gasteiger partial charge in [-0.2, -0.15) is 5.10 Å². The second-order valence-electron chi connectivity index (χ2n) is 6.42. The van der Waals surface area contributed by atoms with Crippen molar-refractivity contribution >= 4 is 32.5 Å². The minimum Gasteiger partial charge on any atom is -0.322 e. The van der Waals surface area contributed by atoms with Gasteiger partial charge >= 0.3 is 0 Å². The van der Waals surface area contributed by atoms with Gasteiger partial charge in [0.05, 0.1) is 21.5 Å². The zero-order valence-electron chi connectivity index (χ0n) is 15.3. The molecular formula is C18H20N4O3S. The number of pyridine rings is 1. The molecule has 136 valence electrons. The summed E-state index contributed by atoms with van der Waals surface area (Å²) in [5.41, 5.74) is 3.74. The molecule has 1 N–H and O–H groups in total. The molecule has 8 heteroatoms. The number of hydrogen-bond acceptors (Lipinski definition) is 5. The Bertz CT molecular complexity index is 1150. The lowest BCUT2D eigenvalue weighted by atomic mass is 10.1. The number of aromatic nitrogens is 3. The molecule has 0 aliphatic rings. The summed E-state index contributed by atoms with van der Waals surface area (Å²) in [6, 6.07) is 6.39. The number of fused-ring (bicyclic) bond motifs is 1. The molecule has 0 aliphatic heterocycles. The molecule has 0 radical (unpaired) electrons. The number of aryl methyl sites for hydroxylation is 4. The van der Waals surface area contributed by atoms with Gasteiger partial charge in [0.2, 0.25) is 0 Å². The Hall–Kier alpha value is -2.74. The summed E-state index contributed by atoms with van der Waals surface area (Å²) >= 11 is 0. The van der Waals surface area contributed by atoms with Crippen LogP contribution in [-0.2, 0) is 16.9 Å². The molecule has 0 spiro atoms. The summed E-state index contributed by atoms with van der Waals surface area (Å²) < 4.78 is 25.2. The van der Waals surface area contributed by atoms with Crippen LogP contribution in [0.25, 0.3) is 11.0 Å². The van der Waals surface area contributed by atoms with Gasteiger partial charge in [-0.3, -0.25) is 9.48 Å². The minimum absolute atomic E-state index is 0.159. The molecule has 0 fully saturated rings. The summed E-state index contributed by atoms with van der Waals surface area (Å²) in [5, 5.41) is 7.85. The molecule has 3 rings (SSSR count). The minimum atomic E-state index is -3.36. The van der Waals surface area contributed by atoms with Gasteiger partial charge in [-0.1, -0.05) is 6.07 Å². The monoisotopic (exact) mass is 372 g/mol. The third-order valence-corrected chi connectivity index (χ3v) is 5.34. The van der Waals surface area contributed by atoms with E-state index in [0.717, 1.165) is 11.8 Å².